The Kier molecular flexibility index (Phi) is 4.85. The summed E-state index contributed by atoms with van der Waals surface area (Å²) in [5.74, 6) is 2.07. The van der Waals surface area contributed by atoms with E-state index in [1.165, 1.54) is 11.8 Å². The minimum atomic E-state index is 0.175. The number of nitrogens with zero attached hydrogens (tertiary/aromatic N) is 4. The van der Waals surface area contributed by atoms with Crippen LogP contribution >= 0.6 is 11.8 Å². The van der Waals surface area contributed by atoms with Gasteiger partial charge in [-0.2, -0.15) is 0 Å². The average molecular weight is 332 g/mol. The predicted molar refractivity (Wildman–Crippen MR) is 89.5 cm³/mol. The van der Waals surface area contributed by atoms with Crippen LogP contribution in [0.3, 0.4) is 0 Å². The summed E-state index contributed by atoms with van der Waals surface area (Å²) in [6.45, 7) is 1.76. The minimum Gasteiger partial charge on any atom is -0.496 e. The Morgan fingerprint density at radius 3 is 2.74 bits per heavy atom. The first-order valence-corrected chi connectivity index (χ1v) is 8.62. The molecule has 1 aromatic carbocycles. The smallest absolute Gasteiger partial charge is 0.233 e. The van der Waals surface area contributed by atoms with Gasteiger partial charge in [-0.1, -0.05) is 23.9 Å². The monoisotopic (exact) mass is 332 g/mol. The number of amides is 1. The van der Waals surface area contributed by atoms with Gasteiger partial charge in [-0.15, -0.1) is 10.2 Å². The van der Waals surface area contributed by atoms with Crippen molar-refractivity contribution in [3.05, 3.63) is 24.3 Å². The minimum absolute atomic E-state index is 0.175. The van der Waals surface area contributed by atoms with E-state index in [4.69, 9.17) is 4.74 Å². The Hall–Kier alpha value is -2.02. The lowest BCUT2D eigenvalue weighted by atomic mass is 10.2. The van der Waals surface area contributed by atoms with Crippen LogP contribution in [-0.2, 0) is 11.8 Å². The van der Waals surface area contributed by atoms with E-state index in [0.717, 1.165) is 48.2 Å². The highest BCUT2D eigenvalue weighted by molar-refractivity contribution is 7.99. The third kappa shape index (κ3) is 3.34. The van der Waals surface area contributed by atoms with Crippen molar-refractivity contribution in [2.24, 2.45) is 7.05 Å². The third-order valence-corrected chi connectivity index (χ3v) is 4.97. The van der Waals surface area contributed by atoms with Crippen molar-refractivity contribution < 1.29 is 9.53 Å². The van der Waals surface area contributed by atoms with E-state index < -0.39 is 0 Å². The fourth-order valence-electron chi connectivity index (χ4n) is 2.69. The quantitative estimate of drug-likeness (QED) is 0.786. The molecule has 0 spiro atoms. The zero-order valence-corrected chi connectivity index (χ0v) is 14.2. The number of rotatable bonds is 5. The molecule has 122 valence electrons. The first-order chi connectivity index (χ1) is 11.2. The number of para-hydroxylation sites is 1. The molecular weight excluding hydrogens is 312 g/mol. The SMILES string of the molecule is COc1ccccc1-c1nnc(SCC(=O)N2CCCC2)n1C. The third-order valence-electron chi connectivity index (χ3n) is 3.97. The summed E-state index contributed by atoms with van der Waals surface area (Å²) < 4.78 is 7.28. The summed E-state index contributed by atoms with van der Waals surface area (Å²) in [7, 11) is 3.55. The van der Waals surface area contributed by atoms with E-state index in [1.54, 1.807) is 7.11 Å². The number of aromatic nitrogens is 3. The Morgan fingerprint density at radius 1 is 1.26 bits per heavy atom. The molecular formula is C16H20N4O2S. The number of likely N-dealkylation sites (tertiary alicyclic amines) is 1. The second-order valence-corrected chi connectivity index (χ2v) is 6.38. The van der Waals surface area contributed by atoms with Gasteiger partial charge in [0.1, 0.15) is 5.75 Å². The van der Waals surface area contributed by atoms with Crippen molar-refractivity contribution >= 4 is 17.7 Å². The van der Waals surface area contributed by atoms with Gasteiger partial charge in [-0.05, 0) is 25.0 Å². The van der Waals surface area contributed by atoms with Gasteiger partial charge in [0.25, 0.3) is 0 Å². The molecule has 1 amide bonds. The molecule has 0 unspecified atom stereocenters. The molecule has 1 aliphatic rings. The first-order valence-electron chi connectivity index (χ1n) is 7.64. The van der Waals surface area contributed by atoms with Crippen LogP contribution < -0.4 is 4.74 Å². The number of benzene rings is 1. The molecule has 3 rings (SSSR count). The highest BCUT2D eigenvalue weighted by Crippen LogP contribution is 2.30. The molecule has 7 heteroatoms. The first kappa shape index (κ1) is 15.9. The van der Waals surface area contributed by atoms with Crippen molar-refractivity contribution in [2.75, 3.05) is 26.0 Å². The molecule has 0 bridgehead atoms. The lowest BCUT2D eigenvalue weighted by molar-refractivity contribution is -0.127. The van der Waals surface area contributed by atoms with Crippen LogP contribution in [0.4, 0.5) is 0 Å². The van der Waals surface area contributed by atoms with Crippen LogP contribution in [0.15, 0.2) is 29.4 Å². The normalized spacial score (nSPS) is 14.3. The predicted octanol–water partition coefficient (Wildman–Crippen LogP) is 2.21. The molecule has 0 radical (unpaired) electrons. The van der Waals surface area contributed by atoms with Crippen LogP contribution in [0.25, 0.3) is 11.4 Å². The Labute approximate surface area is 139 Å². The Bertz CT molecular complexity index is 695. The van der Waals surface area contributed by atoms with Gasteiger partial charge in [-0.3, -0.25) is 4.79 Å². The number of carbonyl (C=O) groups excluding carboxylic acids is 1. The molecule has 0 atom stereocenters. The average Bonchev–Trinajstić information content (AvgIpc) is 3.23. The highest BCUT2D eigenvalue weighted by Gasteiger charge is 2.20. The summed E-state index contributed by atoms with van der Waals surface area (Å²) in [5, 5.41) is 9.21. The van der Waals surface area contributed by atoms with E-state index in [0.29, 0.717) is 5.75 Å². The summed E-state index contributed by atoms with van der Waals surface area (Å²) >= 11 is 1.43. The molecule has 1 aromatic heterocycles. The standard InChI is InChI=1S/C16H20N4O2S/c1-19-15(12-7-3-4-8-13(12)22-2)17-18-16(19)23-11-14(21)20-9-5-6-10-20/h3-4,7-8H,5-6,9-11H2,1-2H3. The van der Waals surface area contributed by atoms with E-state index >= 15 is 0 Å². The summed E-state index contributed by atoms with van der Waals surface area (Å²) in [6, 6.07) is 7.71. The number of hydrogen-bond donors (Lipinski definition) is 0. The van der Waals surface area contributed by atoms with Crippen molar-refractivity contribution in [1.82, 2.24) is 19.7 Å². The van der Waals surface area contributed by atoms with Gasteiger partial charge in [0.2, 0.25) is 5.91 Å². The van der Waals surface area contributed by atoms with Crippen LogP contribution in [0.1, 0.15) is 12.8 Å². The van der Waals surface area contributed by atoms with E-state index in [-0.39, 0.29) is 5.91 Å². The lowest BCUT2D eigenvalue weighted by Crippen LogP contribution is -2.29. The molecule has 0 aliphatic carbocycles. The van der Waals surface area contributed by atoms with Crippen molar-refractivity contribution in [2.45, 2.75) is 18.0 Å². The van der Waals surface area contributed by atoms with E-state index in [1.807, 2.05) is 40.8 Å². The molecule has 2 aromatic rings. The van der Waals surface area contributed by atoms with Crippen molar-refractivity contribution in [3.63, 3.8) is 0 Å². The maximum absolute atomic E-state index is 12.1. The van der Waals surface area contributed by atoms with Gasteiger partial charge in [0.15, 0.2) is 11.0 Å². The second kappa shape index (κ2) is 7.04. The van der Waals surface area contributed by atoms with Crippen LogP contribution in [0.5, 0.6) is 5.75 Å². The van der Waals surface area contributed by atoms with Gasteiger partial charge in [0.05, 0.1) is 18.4 Å². The summed E-state index contributed by atoms with van der Waals surface area (Å²) in [5.41, 5.74) is 0.891. The van der Waals surface area contributed by atoms with Gasteiger partial charge in [-0.25, -0.2) is 0 Å². The molecule has 2 heterocycles. The van der Waals surface area contributed by atoms with E-state index in [9.17, 15) is 4.79 Å². The molecule has 23 heavy (non-hydrogen) atoms. The number of ether oxygens (including phenoxy) is 1. The number of methoxy groups -OCH3 is 1. The fourth-order valence-corrected chi connectivity index (χ4v) is 3.50. The molecule has 0 N–H and O–H groups in total. The summed E-state index contributed by atoms with van der Waals surface area (Å²) in [6.07, 6.45) is 2.22. The number of carbonyl (C=O) groups is 1. The molecule has 0 saturated carbocycles. The maximum Gasteiger partial charge on any atom is 0.233 e. The van der Waals surface area contributed by atoms with Gasteiger partial charge in [0, 0.05) is 20.1 Å². The van der Waals surface area contributed by atoms with Crippen LogP contribution in [0.2, 0.25) is 0 Å². The van der Waals surface area contributed by atoms with Gasteiger partial charge < -0.3 is 14.2 Å². The molecule has 1 saturated heterocycles. The zero-order chi connectivity index (χ0) is 16.2. The fraction of sp³-hybridized carbons (Fsp3) is 0.438. The van der Waals surface area contributed by atoms with Gasteiger partial charge >= 0.3 is 0 Å². The molecule has 1 aliphatic heterocycles. The Morgan fingerprint density at radius 2 is 2.00 bits per heavy atom. The maximum atomic E-state index is 12.1. The van der Waals surface area contributed by atoms with Crippen molar-refractivity contribution in [3.8, 4) is 17.1 Å². The zero-order valence-electron chi connectivity index (χ0n) is 13.4. The number of hydrogen-bond acceptors (Lipinski definition) is 5. The van der Waals surface area contributed by atoms with E-state index in [2.05, 4.69) is 10.2 Å². The summed E-state index contributed by atoms with van der Waals surface area (Å²) in [4.78, 5) is 14.1. The highest BCUT2D eigenvalue weighted by atomic mass is 32.2. The van der Waals surface area contributed by atoms with Crippen molar-refractivity contribution in [1.29, 1.82) is 0 Å². The second-order valence-electron chi connectivity index (χ2n) is 5.44. The molecule has 6 nitrogen and oxygen atoms in total. The lowest BCUT2D eigenvalue weighted by Gasteiger charge is -2.14. The number of thioether (sulfide) groups is 1. The topological polar surface area (TPSA) is 60.3 Å². The van der Waals surface area contributed by atoms with Crippen LogP contribution in [0, 0.1) is 0 Å². The van der Waals surface area contributed by atoms with Crippen LogP contribution in [-0.4, -0.2) is 51.5 Å². The largest absolute Gasteiger partial charge is 0.496 e. The molecule has 1 fully saturated rings. The Balaban J connectivity index is 1.73.